The van der Waals surface area contributed by atoms with Gasteiger partial charge in [0.25, 0.3) is 0 Å². The molecule has 0 spiro atoms. The number of fused-ring (bicyclic) bond motifs is 5. The van der Waals surface area contributed by atoms with Gasteiger partial charge in [-0.15, -0.1) is 0 Å². The van der Waals surface area contributed by atoms with Crippen molar-refractivity contribution in [2.45, 2.75) is 32.1 Å². The Morgan fingerprint density at radius 3 is 2.19 bits per heavy atom. The number of allylic oxidation sites excluding steroid dienone is 4. The third kappa shape index (κ3) is 3.83. The first-order valence-corrected chi connectivity index (χ1v) is 14.8. The Morgan fingerprint density at radius 2 is 1.36 bits per heavy atom. The highest BCUT2D eigenvalue weighted by Gasteiger charge is 2.35. The van der Waals surface area contributed by atoms with Crippen molar-refractivity contribution in [3.05, 3.63) is 150 Å². The Bertz CT molecular complexity index is 2020. The van der Waals surface area contributed by atoms with Gasteiger partial charge in [0.2, 0.25) is 0 Å². The van der Waals surface area contributed by atoms with E-state index in [0.29, 0.717) is 0 Å². The molecule has 0 amide bonds. The lowest BCUT2D eigenvalue weighted by molar-refractivity contribution is 0.412. The third-order valence-electron chi connectivity index (χ3n) is 9.14. The molecule has 0 unspecified atom stereocenters. The van der Waals surface area contributed by atoms with Gasteiger partial charge in [0.05, 0.1) is 0 Å². The van der Waals surface area contributed by atoms with Crippen molar-refractivity contribution in [2.24, 2.45) is 0 Å². The molecule has 1 aromatic heterocycles. The van der Waals surface area contributed by atoms with Crippen LogP contribution in [0.25, 0.3) is 49.4 Å². The average molecular weight is 542 g/mol. The molecule has 6 aromatic rings. The van der Waals surface area contributed by atoms with Crippen LogP contribution in [0.3, 0.4) is 0 Å². The number of nitrogens with zero attached hydrogens (tertiary/aromatic N) is 1. The first-order valence-electron chi connectivity index (χ1n) is 14.8. The molecule has 202 valence electrons. The van der Waals surface area contributed by atoms with Gasteiger partial charge in [-0.25, -0.2) is 0 Å². The van der Waals surface area contributed by atoms with E-state index in [1.165, 1.54) is 49.9 Å². The van der Waals surface area contributed by atoms with Crippen molar-refractivity contribution in [1.82, 2.24) is 4.98 Å². The highest BCUT2D eigenvalue weighted by molar-refractivity contribution is 6.16. The summed E-state index contributed by atoms with van der Waals surface area (Å²) in [5.41, 5.74) is 10.6. The van der Waals surface area contributed by atoms with Crippen molar-refractivity contribution in [1.29, 1.82) is 0 Å². The maximum Gasteiger partial charge on any atom is 0.142 e. The summed E-state index contributed by atoms with van der Waals surface area (Å²) < 4.78 is 6.80. The monoisotopic (exact) mass is 541 g/mol. The van der Waals surface area contributed by atoms with Crippen molar-refractivity contribution in [3.63, 3.8) is 0 Å². The fraction of sp³-hybridized carbons (Fsp3) is 0.125. The van der Waals surface area contributed by atoms with Crippen LogP contribution in [-0.4, -0.2) is 4.98 Å². The number of benzene rings is 5. The van der Waals surface area contributed by atoms with E-state index in [4.69, 9.17) is 4.74 Å². The lowest BCUT2D eigenvalue weighted by Gasteiger charge is -2.23. The zero-order chi connectivity index (χ0) is 28.3. The molecule has 0 radical (unpaired) electrons. The molecule has 0 aliphatic heterocycles. The fourth-order valence-electron chi connectivity index (χ4n) is 6.99. The second-order valence-electron chi connectivity index (χ2n) is 11.9. The largest absolute Gasteiger partial charge is 0.460 e. The molecule has 42 heavy (non-hydrogen) atoms. The van der Waals surface area contributed by atoms with E-state index in [-0.39, 0.29) is 5.41 Å². The molecular formula is C40H31NO. The summed E-state index contributed by atoms with van der Waals surface area (Å²) in [4.78, 5) is 4.51. The second kappa shape index (κ2) is 9.56. The van der Waals surface area contributed by atoms with Crippen molar-refractivity contribution < 1.29 is 4.74 Å². The van der Waals surface area contributed by atoms with E-state index in [0.717, 1.165) is 40.5 Å². The maximum atomic E-state index is 6.80. The molecule has 2 heteroatoms. The van der Waals surface area contributed by atoms with E-state index in [1.54, 1.807) is 0 Å². The lowest BCUT2D eigenvalue weighted by atomic mass is 9.81. The topological polar surface area (TPSA) is 22.1 Å². The number of hydrogen-bond acceptors (Lipinski definition) is 2. The molecule has 0 saturated heterocycles. The molecule has 0 atom stereocenters. The highest BCUT2D eigenvalue weighted by atomic mass is 16.5. The lowest BCUT2D eigenvalue weighted by Crippen LogP contribution is -2.15. The Hall–Kier alpha value is -4.95. The van der Waals surface area contributed by atoms with Crippen molar-refractivity contribution >= 4 is 27.1 Å². The number of ether oxygens (including phenoxy) is 1. The molecule has 1 heterocycles. The minimum atomic E-state index is 0.00412. The smallest absolute Gasteiger partial charge is 0.142 e. The Labute approximate surface area is 246 Å². The van der Waals surface area contributed by atoms with E-state index in [9.17, 15) is 0 Å². The van der Waals surface area contributed by atoms with E-state index >= 15 is 0 Å². The minimum Gasteiger partial charge on any atom is -0.460 e. The molecule has 0 N–H and O–H groups in total. The molecule has 5 aromatic carbocycles. The number of hydrogen-bond donors (Lipinski definition) is 0. The minimum absolute atomic E-state index is 0.00412. The molecule has 0 saturated carbocycles. The van der Waals surface area contributed by atoms with Gasteiger partial charge in [0.15, 0.2) is 0 Å². The van der Waals surface area contributed by atoms with E-state index in [2.05, 4.69) is 134 Å². The maximum absolute atomic E-state index is 6.80. The Balaban J connectivity index is 1.18. The van der Waals surface area contributed by atoms with Gasteiger partial charge in [-0.05, 0) is 74.5 Å². The quantitative estimate of drug-likeness (QED) is 0.207. The van der Waals surface area contributed by atoms with Crippen LogP contribution >= 0.6 is 0 Å². The number of pyridine rings is 1. The van der Waals surface area contributed by atoms with Crippen molar-refractivity contribution in [3.8, 4) is 28.0 Å². The van der Waals surface area contributed by atoms with Crippen LogP contribution in [0, 0.1) is 0 Å². The summed E-state index contributed by atoms with van der Waals surface area (Å²) >= 11 is 0. The van der Waals surface area contributed by atoms with Gasteiger partial charge >= 0.3 is 0 Å². The van der Waals surface area contributed by atoms with Gasteiger partial charge in [0.1, 0.15) is 11.5 Å². The normalized spacial score (nSPS) is 15.2. The first kappa shape index (κ1) is 24.8. The third-order valence-corrected chi connectivity index (χ3v) is 9.14. The standard InChI is InChI=1S/C40H31NO/c1-40(2)36-15-9-8-12-30(36)31-21-18-28(24-37(31)40)26-16-19-29(20-17-26)42-39-33-14-7-6-13-32(33)38(27-10-4-3-5-11-27)35-25-41-23-22-34(35)39/h3-16,18-19,21-25H,17,20H2,1-2H3. The summed E-state index contributed by atoms with van der Waals surface area (Å²) in [7, 11) is 0. The van der Waals surface area contributed by atoms with Crippen LogP contribution in [-0.2, 0) is 5.41 Å². The van der Waals surface area contributed by atoms with Crippen molar-refractivity contribution in [2.75, 3.05) is 0 Å². The van der Waals surface area contributed by atoms with Crippen LogP contribution in [0.1, 0.15) is 43.4 Å². The predicted octanol–water partition coefficient (Wildman–Crippen LogP) is 10.5. The molecular weight excluding hydrogens is 510 g/mol. The number of rotatable bonds is 4. The Kier molecular flexibility index (Phi) is 5.65. The zero-order valence-electron chi connectivity index (χ0n) is 23.9. The molecule has 0 fully saturated rings. The molecule has 0 bridgehead atoms. The van der Waals surface area contributed by atoms with E-state index < -0.39 is 0 Å². The van der Waals surface area contributed by atoms with Crippen LogP contribution in [0.5, 0.6) is 5.75 Å². The molecule has 8 rings (SSSR count). The average Bonchev–Trinajstić information content (AvgIpc) is 3.27. The summed E-state index contributed by atoms with van der Waals surface area (Å²) in [6.07, 6.45) is 10.0. The number of aromatic nitrogens is 1. The van der Waals surface area contributed by atoms with Crippen LogP contribution in [0.15, 0.2) is 133 Å². The van der Waals surface area contributed by atoms with Crippen LogP contribution < -0.4 is 4.74 Å². The first-order chi connectivity index (χ1) is 20.6. The van der Waals surface area contributed by atoms with Gasteiger partial charge in [0, 0.05) is 40.4 Å². The van der Waals surface area contributed by atoms with Gasteiger partial charge in [-0.1, -0.05) is 111 Å². The molecule has 2 aliphatic rings. The van der Waals surface area contributed by atoms with Gasteiger partial charge in [-0.2, -0.15) is 0 Å². The highest BCUT2D eigenvalue weighted by Crippen LogP contribution is 2.49. The summed E-state index contributed by atoms with van der Waals surface area (Å²) in [5.74, 6) is 1.89. The SMILES string of the molecule is CC1(C)c2ccccc2-c2ccc(C3=CC=C(Oc4c5ccccc5c(-c5ccccc5)c5cnccc45)CC3)cc21. The molecule has 2 aliphatic carbocycles. The fourth-order valence-corrected chi connectivity index (χ4v) is 6.99. The van der Waals surface area contributed by atoms with Crippen LogP contribution in [0.2, 0.25) is 0 Å². The molecule has 2 nitrogen and oxygen atoms in total. The van der Waals surface area contributed by atoms with Crippen LogP contribution in [0.4, 0.5) is 0 Å². The predicted molar refractivity (Wildman–Crippen MR) is 175 cm³/mol. The summed E-state index contributed by atoms with van der Waals surface area (Å²) in [6, 6.07) is 37.1. The summed E-state index contributed by atoms with van der Waals surface area (Å²) in [6.45, 7) is 4.69. The Morgan fingerprint density at radius 1 is 0.619 bits per heavy atom. The second-order valence-corrected chi connectivity index (χ2v) is 11.9. The zero-order valence-corrected chi connectivity index (χ0v) is 23.9. The van der Waals surface area contributed by atoms with Gasteiger partial charge in [-0.3, -0.25) is 4.98 Å². The summed E-state index contributed by atoms with van der Waals surface area (Å²) in [5, 5.41) is 4.48. The van der Waals surface area contributed by atoms with E-state index in [1.807, 2.05) is 12.4 Å². The van der Waals surface area contributed by atoms with Gasteiger partial charge < -0.3 is 4.74 Å².